The van der Waals surface area contributed by atoms with Crippen molar-refractivity contribution in [3.63, 3.8) is 0 Å². The van der Waals surface area contributed by atoms with Crippen LogP contribution in [0.25, 0.3) is 0 Å². The molecule has 5 nitrogen and oxygen atoms in total. The minimum atomic E-state index is -0.917. The van der Waals surface area contributed by atoms with Gasteiger partial charge in [-0.15, -0.1) is 0 Å². The number of allylic oxidation sites excluding steroid dienone is 1. The molecule has 5 heteroatoms. The number of methoxy groups -OCH3 is 1. The van der Waals surface area contributed by atoms with E-state index in [1.165, 1.54) is 11.0 Å². The van der Waals surface area contributed by atoms with Crippen LogP contribution in [0.1, 0.15) is 25.8 Å². The van der Waals surface area contributed by atoms with Gasteiger partial charge < -0.3 is 14.7 Å². The van der Waals surface area contributed by atoms with Crippen LogP contribution in [0.2, 0.25) is 0 Å². The summed E-state index contributed by atoms with van der Waals surface area (Å²) in [5, 5.41) is 8.79. The molecule has 0 aromatic heterocycles. The number of benzene rings is 1. The fraction of sp³-hybridized carbons (Fsp3) is 0.375. The summed E-state index contributed by atoms with van der Waals surface area (Å²) in [7, 11) is 1.59. The molecule has 0 saturated heterocycles. The van der Waals surface area contributed by atoms with Gasteiger partial charge >= 0.3 is 5.97 Å². The lowest BCUT2D eigenvalue weighted by Crippen LogP contribution is -2.31. The first-order valence-corrected chi connectivity index (χ1v) is 6.71. The highest BCUT2D eigenvalue weighted by molar-refractivity contribution is 5.88. The number of amides is 1. The molecule has 21 heavy (non-hydrogen) atoms. The molecular weight excluding hydrogens is 270 g/mol. The first-order valence-electron chi connectivity index (χ1n) is 6.71. The van der Waals surface area contributed by atoms with Crippen LogP contribution in [0.3, 0.4) is 0 Å². The molecule has 1 aromatic carbocycles. The standard InChI is InChI=1S/C16H21NO4/c1-12(2)10-15(18)17(9-8-16(19)20)11-13-4-6-14(21-3)7-5-13/h4-7,10H,8-9,11H2,1-3H3,(H,19,20). The largest absolute Gasteiger partial charge is 0.497 e. The molecule has 0 bridgehead atoms. The lowest BCUT2D eigenvalue weighted by Gasteiger charge is -2.21. The van der Waals surface area contributed by atoms with Gasteiger partial charge in [0.15, 0.2) is 0 Å². The summed E-state index contributed by atoms with van der Waals surface area (Å²) in [5.41, 5.74) is 1.81. The summed E-state index contributed by atoms with van der Waals surface area (Å²) >= 11 is 0. The summed E-state index contributed by atoms with van der Waals surface area (Å²) in [6.07, 6.45) is 1.45. The summed E-state index contributed by atoms with van der Waals surface area (Å²) in [6.45, 7) is 4.23. The molecule has 1 N–H and O–H groups in total. The second kappa shape index (κ2) is 8.09. The van der Waals surface area contributed by atoms with Gasteiger partial charge in [0, 0.05) is 19.2 Å². The molecule has 0 aliphatic rings. The highest BCUT2D eigenvalue weighted by Crippen LogP contribution is 2.13. The van der Waals surface area contributed by atoms with E-state index in [1.807, 2.05) is 38.1 Å². The maximum Gasteiger partial charge on any atom is 0.305 e. The van der Waals surface area contributed by atoms with Crippen LogP contribution in [0.5, 0.6) is 5.75 Å². The minimum Gasteiger partial charge on any atom is -0.497 e. The molecule has 114 valence electrons. The second-order valence-corrected chi connectivity index (χ2v) is 4.97. The summed E-state index contributed by atoms with van der Waals surface area (Å²) in [5.74, 6) is -0.349. The Labute approximate surface area is 124 Å². The average Bonchev–Trinajstić information content (AvgIpc) is 2.43. The Hall–Kier alpha value is -2.30. The highest BCUT2D eigenvalue weighted by Gasteiger charge is 2.13. The van der Waals surface area contributed by atoms with E-state index in [4.69, 9.17) is 9.84 Å². The molecule has 0 fully saturated rings. The van der Waals surface area contributed by atoms with Crippen molar-refractivity contribution in [3.05, 3.63) is 41.5 Å². The zero-order valence-corrected chi connectivity index (χ0v) is 12.6. The van der Waals surface area contributed by atoms with Gasteiger partial charge in [-0.2, -0.15) is 0 Å². The fourth-order valence-electron chi connectivity index (χ4n) is 1.79. The third-order valence-corrected chi connectivity index (χ3v) is 2.85. The van der Waals surface area contributed by atoms with E-state index in [9.17, 15) is 9.59 Å². The molecular formula is C16H21NO4. The molecule has 0 aliphatic heterocycles. The molecule has 0 unspecified atom stereocenters. The Morgan fingerprint density at radius 2 is 1.86 bits per heavy atom. The van der Waals surface area contributed by atoms with E-state index in [0.717, 1.165) is 16.9 Å². The molecule has 1 amide bonds. The molecule has 0 aliphatic carbocycles. The Bertz CT molecular complexity index is 516. The highest BCUT2D eigenvalue weighted by atomic mass is 16.5. The average molecular weight is 291 g/mol. The van der Waals surface area contributed by atoms with Crippen molar-refractivity contribution in [1.29, 1.82) is 0 Å². The van der Waals surface area contributed by atoms with Crippen molar-refractivity contribution >= 4 is 11.9 Å². The predicted octanol–water partition coefficient (Wildman–Crippen LogP) is 2.46. The number of nitrogens with zero attached hydrogens (tertiary/aromatic N) is 1. The topological polar surface area (TPSA) is 66.8 Å². The van der Waals surface area contributed by atoms with Gasteiger partial charge in [0.1, 0.15) is 5.75 Å². The third-order valence-electron chi connectivity index (χ3n) is 2.85. The van der Waals surface area contributed by atoms with Crippen LogP contribution in [0.15, 0.2) is 35.9 Å². The van der Waals surface area contributed by atoms with Gasteiger partial charge in [-0.25, -0.2) is 0 Å². The number of hydrogen-bond donors (Lipinski definition) is 1. The predicted molar refractivity (Wildman–Crippen MR) is 80.1 cm³/mol. The van der Waals surface area contributed by atoms with Crippen LogP contribution in [-0.4, -0.2) is 35.5 Å². The number of aliphatic carboxylic acids is 1. The molecule has 0 spiro atoms. The second-order valence-electron chi connectivity index (χ2n) is 4.97. The Balaban J connectivity index is 2.81. The lowest BCUT2D eigenvalue weighted by atomic mass is 10.2. The zero-order valence-electron chi connectivity index (χ0n) is 12.6. The van der Waals surface area contributed by atoms with E-state index in [2.05, 4.69) is 0 Å². The van der Waals surface area contributed by atoms with Crippen molar-refractivity contribution in [2.24, 2.45) is 0 Å². The number of ether oxygens (including phenoxy) is 1. The fourth-order valence-corrected chi connectivity index (χ4v) is 1.79. The lowest BCUT2D eigenvalue weighted by molar-refractivity contribution is -0.138. The molecule has 1 rings (SSSR count). The number of carboxylic acids is 1. The molecule has 1 aromatic rings. The van der Waals surface area contributed by atoms with Crippen molar-refractivity contribution in [2.45, 2.75) is 26.8 Å². The van der Waals surface area contributed by atoms with Gasteiger partial charge in [-0.05, 0) is 31.5 Å². The summed E-state index contributed by atoms with van der Waals surface area (Å²) in [4.78, 5) is 24.4. The molecule has 0 saturated carbocycles. The Morgan fingerprint density at radius 1 is 1.24 bits per heavy atom. The normalized spacial score (nSPS) is 9.86. The van der Waals surface area contributed by atoms with Crippen LogP contribution in [0.4, 0.5) is 0 Å². The van der Waals surface area contributed by atoms with Gasteiger partial charge in [0.05, 0.1) is 13.5 Å². The first kappa shape index (κ1) is 16.8. The monoisotopic (exact) mass is 291 g/mol. The first-order chi connectivity index (χ1) is 9.92. The number of rotatable bonds is 7. The van der Waals surface area contributed by atoms with E-state index in [0.29, 0.717) is 6.54 Å². The smallest absolute Gasteiger partial charge is 0.305 e. The van der Waals surface area contributed by atoms with Gasteiger partial charge in [0.25, 0.3) is 0 Å². The maximum absolute atomic E-state index is 12.1. The van der Waals surface area contributed by atoms with Crippen LogP contribution in [0, 0.1) is 0 Å². The van der Waals surface area contributed by atoms with Gasteiger partial charge in [0.2, 0.25) is 5.91 Å². The SMILES string of the molecule is COc1ccc(CN(CCC(=O)O)C(=O)C=C(C)C)cc1. The molecule has 0 atom stereocenters. The van der Waals surface area contributed by atoms with E-state index < -0.39 is 5.97 Å². The van der Waals surface area contributed by atoms with Crippen LogP contribution < -0.4 is 4.74 Å². The third kappa shape index (κ3) is 6.12. The van der Waals surface area contributed by atoms with Crippen molar-refractivity contribution < 1.29 is 19.4 Å². The summed E-state index contributed by atoms with van der Waals surface area (Å²) in [6, 6.07) is 7.36. The minimum absolute atomic E-state index is 0.0709. The zero-order chi connectivity index (χ0) is 15.8. The quantitative estimate of drug-likeness (QED) is 0.784. The van der Waals surface area contributed by atoms with Gasteiger partial charge in [-0.1, -0.05) is 17.7 Å². The summed E-state index contributed by atoms with van der Waals surface area (Å²) < 4.78 is 5.09. The van der Waals surface area contributed by atoms with Gasteiger partial charge in [-0.3, -0.25) is 9.59 Å². The number of carbonyl (C=O) groups excluding carboxylic acids is 1. The van der Waals surface area contributed by atoms with E-state index >= 15 is 0 Å². The van der Waals surface area contributed by atoms with E-state index in [1.54, 1.807) is 7.11 Å². The number of carbonyl (C=O) groups is 2. The van der Waals surface area contributed by atoms with E-state index in [-0.39, 0.29) is 18.9 Å². The van der Waals surface area contributed by atoms with Crippen LogP contribution in [-0.2, 0) is 16.1 Å². The Morgan fingerprint density at radius 3 is 2.33 bits per heavy atom. The van der Waals surface area contributed by atoms with Crippen molar-refractivity contribution in [3.8, 4) is 5.75 Å². The number of carboxylic acid groups (broad SMARTS) is 1. The maximum atomic E-state index is 12.1. The molecule has 0 heterocycles. The number of hydrogen-bond acceptors (Lipinski definition) is 3. The van der Waals surface area contributed by atoms with Crippen LogP contribution >= 0.6 is 0 Å². The Kier molecular flexibility index (Phi) is 6.46. The van der Waals surface area contributed by atoms with Crippen molar-refractivity contribution in [1.82, 2.24) is 4.90 Å². The van der Waals surface area contributed by atoms with Crippen molar-refractivity contribution in [2.75, 3.05) is 13.7 Å². The molecule has 0 radical (unpaired) electrons.